The SMILES string of the molecule is Cc1cc(N)ccc1S(=O)(=O)Nc1c(C)cc(Br)cc1C. The minimum absolute atomic E-state index is 0.235. The van der Waals surface area contributed by atoms with Gasteiger partial charge < -0.3 is 5.73 Å². The molecule has 21 heavy (non-hydrogen) atoms. The van der Waals surface area contributed by atoms with Crippen LogP contribution in [0.25, 0.3) is 0 Å². The predicted molar refractivity (Wildman–Crippen MR) is 90.0 cm³/mol. The van der Waals surface area contributed by atoms with Crippen LogP contribution >= 0.6 is 15.9 Å². The molecule has 2 aromatic rings. The van der Waals surface area contributed by atoms with Gasteiger partial charge in [-0.25, -0.2) is 8.42 Å². The lowest BCUT2D eigenvalue weighted by molar-refractivity contribution is 0.600. The van der Waals surface area contributed by atoms with Crippen LogP contribution in [-0.4, -0.2) is 8.42 Å². The lowest BCUT2D eigenvalue weighted by Gasteiger charge is -2.15. The maximum Gasteiger partial charge on any atom is 0.262 e. The van der Waals surface area contributed by atoms with Gasteiger partial charge in [0.15, 0.2) is 0 Å². The van der Waals surface area contributed by atoms with Gasteiger partial charge in [-0.15, -0.1) is 0 Å². The van der Waals surface area contributed by atoms with E-state index in [1.54, 1.807) is 19.1 Å². The summed E-state index contributed by atoms with van der Waals surface area (Å²) in [6.45, 7) is 5.46. The topological polar surface area (TPSA) is 72.2 Å². The second kappa shape index (κ2) is 5.69. The molecule has 0 bridgehead atoms. The Morgan fingerprint density at radius 1 is 1.00 bits per heavy atom. The average molecular weight is 369 g/mol. The Balaban J connectivity index is 2.47. The first-order valence-electron chi connectivity index (χ1n) is 6.36. The third-order valence-electron chi connectivity index (χ3n) is 3.22. The number of anilines is 2. The van der Waals surface area contributed by atoms with Crippen LogP contribution in [0.15, 0.2) is 39.7 Å². The molecule has 0 aliphatic heterocycles. The van der Waals surface area contributed by atoms with Gasteiger partial charge in [0.2, 0.25) is 0 Å². The fraction of sp³-hybridized carbons (Fsp3) is 0.200. The van der Waals surface area contributed by atoms with Crippen molar-refractivity contribution in [3.8, 4) is 0 Å². The summed E-state index contributed by atoms with van der Waals surface area (Å²) in [6.07, 6.45) is 0. The summed E-state index contributed by atoms with van der Waals surface area (Å²) in [5.41, 5.74) is 9.16. The number of nitrogens with one attached hydrogen (secondary N) is 1. The summed E-state index contributed by atoms with van der Waals surface area (Å²) in [7, 11) is -3.64. The van der Waals surface area contributed by atoms with Crippen molar-refractivity contribution < 1.29 is 8.42 Å². The summed E-state index contributed by atoms with van der Waals surface area (Å²) >= 11 is 3.40. The van der Waals surface area contributed by atoms with Crippen LogP contribution < -0.4 is 10.5 Å². The molecule has 4 nitrogen and oxygen atoms in total. The van der Waals surface area contributed by atoms with E-state index in [-0.39, 0.29) is 4.90 Å². The number of benzene rings is 2. The quantitative estimate of drug-likeness (QED) is 0.810. The summed E-state index contributed by atoms with van der Waals surface area (Å²) in [5.74, 6) is 0. The Bertz CT molecular complexity index is 778. The van der Waals surface area contributed by atoms with Crippen molar-refractivity contribution in [2.75, 3.05) is 10.5 Å². The van der Waals surface area contributed by atoms with Crippen LogP contribution in [0.2, 0.25) is 0 Å². The first-order chi connectivity index (χ1) is 9.70. The molecule has 0 saturated carbocycles. The van der Waals surface area contributed by atoms with E-state index in [1.807, 2.05) is 26.0 Å². The van der Waals surface area contributed by atoms with Crippen molar-refractivity contribution in [2.24, 2.45) is 0 Å². The fourth-order valence-corrected chi connectivity index (χ4v) is 4.35. The van der Waals surface area contributed by atoms with E-state index in [4.69, 9.17) is 5.73 Å². The van der Waals surface area contributed by atoms with Crippen LogP contribution in [0, 0.1) is 20.8 Å². The normalized spacial score (nSPS) is 11.4. The summed E-state index contributed by atoms with van der Waals surface area (Å²) in [6, 6.07) is 8.51. The van der Waals surface area contributed by atoms with Gasteiger partial charge in [0, 0.05) is 10.2 Å². The number of nitrogen functional groups attached to an aromatic ring is 1. The van der Waals surface area contributed by atoms with Crippen LogP contribution in [0.5, 0.6) is 0 Å². The van der Waals surface area contributed by atoms with Crippen LogP contribution in [0.4, 0.5) is 11.4 Å². The van der Waals surface area contributed by atoms with E-state index in [2.05, 4.69) is 20.7 Å². The highest BCUT2D eigenvalue weighted by atomic mass is 79.9. The number of sulfonamides is 1. The zero-order valence-corrected chi connectivity index (χ0v) is 14.5. The molecule has 0 aliphatic rings. The van der Waals surface area contributed by atoms with E-state index in [0.29, 0.717) is 16.9 Å². The predicted octanol–water partition coefficient (Wildman–Crippen LogP) is 3.76. The summed E-state index contributed by atoms with van der Waals surface area (Å²) < 4.78 is 28.7. The molecule has 0 saturated heterocycles. The van der Waals surface area contributed by atoms with Gasteiger partial charge in [0.25, 0.3) is 10.0 Å². The van der Waals surface area contributed by atoms with E-state index in [9.17, 15) is 8.42 Å². The molecule has 6 heteroatoms. The molecule has 0 heterocycles. The second-order valence-electron chi connectivity index (χ2n) is 5.05. The molecule has 112 valence electrons. The highest BCUT2D eigenvalue weighted by Crippen LogP contribution is 2.28. The highest BCUT2D eigenvalue weighted by molar-refractivity contribution is 9.10. The first kappa shape index (κ1) is 15.9. The molecule has 0 unspecified atom stereocenters. The molecule has 0 fully saturated rings. The summed E-state index contributed by atoms with van der Waals surface area (Å²) in [4.78, 5) is 0.235. The standard InChI is InChI=1S/C15H17BrN2O2S/c1-9-8-13(17)4-5-14(9)21(19,20)18-15-10(2)6-12(16)7-11(15)3/h4-8,18H,17H2,1-3H3. The Morgan fingerprint density at radius 3 is 2.10 bits per heavy atom. The molecule has 0 amide bonds. The van der Waals surface area contributed by atoms with Crippen molar-refractivity contribution in [3.63, 3.8) is 0 Å². The third kappa shape index (κ3) is 3.39. The Kier molecular flexibility index (Phi) is 4.30. The average Bonchev–Trinajstić information content (AvgIpc) is 2.33. The minimum Gasteiger partial charge on any atom is -0.399 e. The maximum atomic E-state index is 12.6. The minimum atomic E-state index is -3.64. The van der Waals surface area contributed by atoms with E-state index in [0.717, 1.165) is 15.6 Å². The second-order valence-corrected chi connectivity index (χ2v) is 7.61. The number of aryl methyl sites for hydroxylation is 3. The Labute approximate surface area is 133 Å². The molecule has 0 spiro atoms. The van der Waals surface area contributed by atoms with Crippen LogP contribution in [0.1, 0.15) is 16.7 Å². The van der Waals surface area contributed by atoms with Crippen LogP contribution in [0.3, 0.4) is 0 Å². The summed E-state index contributed by atoms with van der Waals surface area (Å²) in [5, 5.41) is 0. The third-order valence-corrected chi connectivity index (χ3v) is 5.19. The van der Waals surface area contributed by atoms with Crippen molar-refractivity contribution in [3.05, 3.63) is 51.5 Å². The van der Waals surface area contributed by atoms with Crippen molar-refractivity contribution >= 4 is 37.3 Å². The van der Waals surface area contributed by atoms with Gasteiger partial charge in [-0.1, -0.05) is 15.9 Å². The van der Waals surface area contributed by atoms with Crippen molar-refractivity contribution in [1.82, 2.24) is 0 Å². The van der Waals surface area contributed by atoms with E-state index < -0.39 is 10.0 Å². The first-order valence-corrected chi connectivity index (χ1v) is 8.64. The van der Waals surface area contributed by atoms with Gasteiger partial charge in [-0.3, -0.25) is 4.72 Å². The monoisotopic (exact) mass is 368 g/mol. The zero-order valence-electron chi connectivity index (χ0n) is 12.1. The number of halogens is 1. The molecule has 2 aromatic carbocycles. The molecule has 0 aromatic heterocycles. The van der Waals surface area contributed by atoms with Gasteiger partial charge >= 0.3 is 0 Å². The van der Waals surface area contributed by atoms with E-state index in [1.165, 1.54) is 6.07 Å². The molecule has 3 N–H and O–H groups in total. The largest absolute Gasteiger partial charge is 0.399 e. The van der Waals surface area contributed by atoms with Gasteiger partial charge in [0.1, 0.15) is 0 Å². The Hall–Kier alpha value is -1.53. The van der Waals surface area contributed by atoms with Gasteiger partial charge in [-0.2, -0.15) is 0 Å². The van der Waals surface area contributed by atoms with Crippen molar-refractivity contribution in [1.29, 1.82) is 0 Å². The highest BCUT2D eigenvalue weighted by Gasteiger charge is 2.19. The molecule has 0 radical (unpaired) electrons. The van der Waals surface area contributed by atoms with Gasteiger partial charge in [-0.05, 0) is 67.8 Å². The molecular formula is C15H17BrN2O2S. The molecule has 0 atom stereocenters. The maximum absolute atomic E-state index is 12.6. The van der Waals surface area contributed by atoms with E-state index >= 15 is 0 Å². The Morgan fingerprint density at radius 2 is 1.57 bits per heavy atom. The molecular weight excluding hydrogens is 352 g/mol. The number of hydrogen-bond acceptors (Lipinski definition) is 3. The fourth-order valence-electron chi connectivity index (χ4n) is 2.24. The lowest BCUT2D eigenvalue weighted by Crippen LogP contribution is -2.16. The molecule has 0 aliphatic carbocycles. The lowest BCUT2D eigenvalue weighted by atomic mass is 10.1. The smallest absolute Gasteiger partial charge is 0.262 e. The number of hydrogen-bond donors (Lipinski definition) is 2. The van der Waals surface area contributed by atoms with Crippen LogP contribution in [-0.2, 0) is 10.0 Å². The van der Waals surface area contributed by atoms with Gasteiger partial charge in [0.05, 0.1) is 10.6 Å². The number of nitrogens with two attached hydrogens (primary N) is 1. The van der Waals surface area contributed by atoms with Crippen molar-refractivity contribution in [2.45, 2.75) is 25.7 Å². The molecule has 2 rings (SSSR count). The number of rotatable bonds is 3. The zero-order chi connectivity index (χ0) is 15.8.